The second-order valence-corrected chi connectivity index (χ2v) is 7.46. The summed E-state index contributed by atoms with van der Waals surface area (Å²) < 4.78 is 30.6. The molecular weight excluding hydrogens is 395 g/mol. The second kappa shape index (κ2) is 7.76. The van der Waals surface area contributed by atoms with Crippen LogP contribution in [0.1, 0.15) is 28.4 Å². The summed E-state index contributed by atoms with van der Waals surface area (Å²) in [7, 11) is 0. The number of rotatable bonds is 4. The van der Waals surface area contributed by atoms with E-state index in [2.05, 4.69) is 0 Å². The molecule has 4 nitrogen and oxygen atoms in total. The third kappa shape index (κ3) is 3.82. The van der Waals surface area contributed by atoms with Gasteiger partial charge in [-0.15, -0.1) is 0 Å². The predicted molar refractivity (Wildman–Crippen MR) is 115 cm³/mol. The molecular formula is C26H19FO4. The van der Waals surface area contributed by atoms with Gasteiger partial charge in [0.15, 0.2) is 5.76 Å². The van der Waals surface area contributed by atoms with Gasteiger partial charge in [0.25, 0.3) is 0 Å². The quantitative estimate of drug-likeness (QED) is 0.512. The van der Waals surface area contributed by atoms with Crippen LogP contribution in [0.25, 0.3) is 6.08 Å². The highest BCUT2D eigenvalue weighted by molar-refractivity contribution is 6.12. The highest BCUT2D eigenvalue weighted by Gasteiger charge is 2.29. The Morgan fingerprint density at radius 2 is 1.84 bits per heavy atom. The third-order valence-electron chi connectivity index (χ3n) is 5.27. The average molecular weight is 414 g/mol. The number of carbonyl (C=O) groups excluding carboxylic acids is 1. The topological polar surface area (TPSA) is 44.8 Å². The Kier molecular flexibility index (Phi) is 4.79. The molecule has 2 aliphatic rings. The highest BCUT2D eigenvalue weighted by atomic mass is 19.1. The molecule has 2 heterocycles. The molecule has 0 N–H and O–H groups in total. The zero-order valence-corrected chi connectivity index (χ0v) is 16.8. The number of Topliss-reactive ketones (excluding diaryl/α,β-unsaturated/α-hetero) is 1. The van der Waals surface area contributed by atoms with Crippen molar-refractivity contribution in [2.75, 3.05) is 0 Å². The minimum atomic E-state index is -0.288. The summed E-state index contributed by atoms with van der Waals surface area (Å²) >= 11 is 0. The Morgan fingerprint density at radius 3 is 2.68 bits per heavy atom. The maximum atomic E-state index is 13.0. The molecule has 31 heavy (non-hydrogen) atoms. The molecule has 2 aliphatic heterocycles. The van der Waals surface area contributed by atoms with Crippen molar-refractivity contribution in [1.29, 1.82) is 0 Å². The zero-order chi connectivity index (χ0) is 21.4. The van der Waals surface area contributed by atoms with Crippen LogP contribution in [0, 0.1) is 5.82 Å². The van der Waals surface area contributed by atoms with Gasteiger partial charge in [0.05, 0.1) is 5.56 Å². The van der Waals surface area contributed by atoms with Crippen LogP contribution < -0.4 is 14.2 Å². The number of ketones is 1. The van der Waals surface area contributed by atoms with Gasteiger partial charge in [-0.05, 0) is 60.5 Å². The van der Waals surface area contributed by atoms with Crippen molar-refractivity contribution in [2.24, 2.45) is 0 Å². The first-order valence-corrected chi connectivity index (χ1v) is 10.00. The number of ether oxygens (including phenoxy) is 3. The molecule has 3 aromatic carbocycles. The van der Waals surface area contributed by atoms with E-state index in [0.717, 1.165) is 22.4 Å². The first-order chi connectivity index (χ1) is 15.1. The maximum Gasteiger partial charge on any atom is 0.231 e. The van der Waals surface area contributed by atoms with Crippen LogP contribution in [-0.2, 0) is 6.61 Å². The van der Waals surface area contributed by atoms with E-state index in [9.17, 15) is 9.18 Å². The van der Waals surface area contributed by atoms with Crippen LogP contribution in [0.2, 0.25) is 0 Å². The fraction of sp³-hybridized carbons (Fsp3) is 0.115. The number of para-hydroxylation sites is 1. The number of allylic oxidation sites excluding steroid dienone is 1. The molecule has 0 spiro atoms. The van der Waals surface area contributed by atoms with E-state index in [4.69, 9.17) is 14.2 Å². The van der Waals surface area contributed by atoms with Gasteiger partial charge in [0.2, 0.25) is 5.78 Å². The summed E-state index contributed by atoms with van der Waals surface area (Å²) in [6.45, 7) is 2.23. The van der Waals surface area contributed by atoms with Crippen molar-refractivity contribution in [2.45, 2.75) is 19.6 Å². The van der Waals surface area contributed by atoms with Gasteiger partial charge < -0.3 is 14.2 Å². The van der Waals surface area contributed by atoms with Gasteiger partial charge >= 0.3 is 0 Å². The van der Waals surface area contributed by atoms with Crippen molar-refractivity contribution in [3.63, 3.8) is 0 Å². The lowest BCUT2D eigenvalue weighted by Gasteiger charge is -2.22. The monoisotopic (exact) mass is 414 g/mol. The number of hydrogen-bond acceptors (Lipinski definition) is 4. The van der Waals surface area contributed by atoms with E-state index < -0.39 is 0 Å². The molecule has 3 aromatic rings. The summed E-state index contributed by atoms with van der Waals surface area (Å²) in [5.41, 5.74) is 3.17. The minimum absolute atomic E-state index is 0.174. The molecule has 5 rings (SSSR count). The predicted octanol–water partition coefficient (Wildman–Crippen LogP) is 5.73. The first-order valence-electron chi connectivity index (χ1n) is 10.00. The van der Waals surface area contributed by atoms with Crippen molar-refractivity contribution in [1.82, 2.24) is 0 Å². The zero-order valence-electron chi connectivity index (χ0n) is 16.8. The number of fused-ring (bicyclic) bond motifs is 2. The average Bonchev–Trinajstić information content (AvgIpc) is 3.08. The normalized spacial score (nSPS) is 18.0. The molecule has 0 radical (unpaired) electrons. The molecule has 0 amide bonds. The van der Waals surface area contributed by atoms with Crippen LogP contribution in [0.15, 0.2) is 84.1 Å². The van der Waals surface area contributed by atoms with Crippen LogP contribution >= 0.6 is 0 Å². The lowest BCUT2D eigenvalue weighted by molar-refractivity contribution is 0.101. The Balaban J connectivity index is 1.35. The summed E-state index contributed by atoms with van der Waals surface area (Å²) in [4.78, 5) is 12.8. The van der Waals surface area contributed by atoms with Gasteiger partial charge in [0, 0.05) is 11.6 Å². The molecule has 5 heteroatoms. The van der Waals surface area contributed by atoms with Gasteiger partial charge in [-0.25, -0.2) is 4.39 Å². The van der Waals surface area contributed by atoms with Crippen LogP contribution in [0.5, 0.6) is 17.2 Å². The molecule has 1 atom stereocenters. The number of halogens is 1. The first kappa shape index (κ1) is 19.1. The smallest absolute Gasteiger partial charge is 0.231 e. The van der Waals surface area contributed by atoms with E-state index >= 15 is 0 Å². The van der Waals surface area contributed by atoms with E-state index in [-0.39, 0.29) is 30.1 Å². The molecule has 0 bridgehead atoms. The maximum absolute atomic E-state index is 13.0. The standard InChI is InChI=1S/C26H19FO4/c1-16-19(12-18-4-2-3-5-23(18)30-16)13-25-26(28)22-11-10-21(14-24(22)31-25)29-15-17-6-8-20(27)9-7-17/h2-14,16H,15H2,1H3/b25-13-. The van der Waals surface area contributed by atoms with E-state index in [1.165, 1.54) is 12.1 Å². The lowest BCUT2D eigenvalue weighted by atomic mass is 10.0. The largest absolute Gasteiger partial charge is 0.489 e. The second-order valence-electron chi connectivity index (χ2n) is 7.46. The van der Waals surface area contributed by atoms with Gasteiger partial charge in [-0.3, -0.25) is 4.79 Å². The van der Waals surface area contributed by atoms with E-state index in [1.54, 1.807) is 36.4 Å². The third-order valence-corrected chi connectivity index (χ3v) is 5.27. The van der Waals surface area contributed by atoms with Crippen LogP contribution in [0.3, 0.4) is 0 Å². The van der Waals surface area contributed by atoms with Crippen LogP contribution in [0.4, 0.5) is 4.39 Å². The van der Waals surface area contributed by atoms with Gasteiger partial charge in [-0.2, -0.15) is 0 Å². The minimum Gasteiger partial charge on any atom is -0.489 e. The molecule has 0 aromatic heterocycles. The molecule has 0 aliphatic carbocycles. The van der Waals surface area contributed by atoms with Crippen molar-refractivity contribution < 1.29 is 23.4 Å². The number of carbonyl (C=O) groups is 1. The Labute approximate surface area is 179 Å². The van der Waals surface area contributed by atoms with Gasteiger partial charge in [-0.1, -0.05) is 30.3 Å². The van der Waals surface area contributed by atoms with Gasteiger partial charge in [0.1, 0.15) is 35.8 Å². The fourth-order valence-electron chi connectivity index (χ4n) is 3.58. The van der Waals surface area contributed by atoms with Crippen molar-refractivity contribution in [3.05, 3.63) is 107 Å². The van der Waals surface area contributed by atoms with E-state index in [1.807, 2.05) is 37.3 Å². The highest BCUT2D eigenvalue weighted by Crippen LogP contribution is 2.36. The molecule has 0 fully saturated rings. The molecule has 0 saturated carbocycles. The van der Waals surface area contributed by atoms with E-state index in [0.29, 0.717) is 17.1 Å². The summed E-state index contributed by atoms with van der Waals surface area (Å²) in [5, 5.41) is 0. The molecule has 154 valence electrons. The molecule has 1 unspecified atom stereocenters. The SMILES string of the molecule is CC1Oc2ccccc2C=C1/C=C1\Oc2cc(OCc3ccc(F)cc3)ccc2C1=O. The summed E-state index contributed by atoms with van der Waals surface area (Å²) in [6, 6.07) is 19.0. The summed E-state index contributed by atoms with van der Waals surface area (Å²) in [5.74, 6) is 1.64. The summed E-state index contributed by atoms with van der Waals surface area (Å²) in [6.07, 6.45) is 3.55. The fourth-order valence-corrected chi connectivity index (χ4v) is 3.58. The number of benzene rings is 3. The number of hydrogen-bond donors (Lipinski definition) is 0. The van der Waals surface area contributed by atoms with Crippen LogP contribution in [-0.4, -0.2) is 11.9 Å². The van der Waals surface area contributed by atoms with Crippen molar-refractivity contribution >= 4 is 11.9 Å². The Morgan fingerprint density at radius 1 is 1.03 bits per heavy atom. The Bertz CT molecular complexity index is 1220. The Hall–Kier alpha value is -3.86. The lowest BCUT2D eigenvalue weighted by Crippen LogP contribution is -2.18. The van der Waals surface area contributed by atoms with Crippen molar-refractivity contribution in [3.8, 4) is 17.2 Å². The molecule has 0 saturated heterocycles.